The summed E-state index contributed by atoms with van der Waals surface area (Å²) in [6, 6.07) is 3.85. The van der Waals surface area contributed by atoms with Crippen LogP contribution in [0.15, 0.2) is 24.4 Å². The number of hydrogen-bond donors (Lipinski definition) is 2. The molecule has 1 heterocycles. The first-order valence-electron chi connectivity index (χ1n) is 5.25. The highest BCUT2D eigenvalue weighted by Crippen LogP contribution is 2.23. The van der Waals surface area contributed by atoms with E-state index in [2.05, 4.69) is 10.3 Å². The lowest BCUT2D eigenvalue weighted by Gasteiger charge is -2.04. The summed E-state index contributed by atoms with van der Waals surface area (Å²) in [5.41, 5.74) is 5.45. The van der Waals surface area contributed by atoms with Gasteiger partial charge in [0.1, 0.15) is 5.56 Å². The number of carbonyl (C=O) groups excluding carboxylic acids is 1. The smallest absolute Gasteiger partial charge is 0.282 e. The first kappa shape index (κ1) is 13.0. The van der Waals surface area contributed by atoms with Gasteiger partial charge in [0.2, 0.25) is 0 Å². The van der Waals surface area contributed by atoms with Crippen molar-refractivity contribution in [1.29, 1.82) is 0 Å². The van der Waals surface area contributed by atoms with Gasteiger partial charge < -0.3 is 5.73 Å². The van der Waals surface area contributed by atoms with Crippen LogP contribution in [0.2, 0.25) is 0 Å². The van der Waals surface area contributed by atoms with Crippen molar-refractivity contribution in [2.75, 3.05) is 11.1 Å². The summed E-state index contributed by atoms with van der Waals surface area (Å²) in [6.45, 7) is 1.84. The number of aromatic nitrogens is 1. The van der Waals surface area contributed by atoms with Crippen LogP contribution in [0.4, 0.5) is 16.5 Å². The van der Waals surface area contributed by atoms with Gasteiger partial charge in [0.25, 0.3) is 11.6 Å². The Balaban J connectivity index is 2.32. The molecule has 0 aliphatic carbocycles. The molecular weight excluding hydrogens is 268 g/mol. The van der Waals surface area contributed by atoms with Gasteiger partial charge in [-0.2, -0.15) is 0 Å². The number of nitrogens with one attached hydrogen (secondary N) is 1. The number of rotatable bonds is 3. The number of aryl methyl sites for hydroxylation is 1. The SMILES string of the molecule is Cc1cnc(NC(=O)c2cc(N)ccc2[N+](=O)[O-])s1. The number of nitro groups is 1. The second-order valence-electron chi connectivity index (χ2n) is 3.76. The van der Waals surface area contributed by atoms with Crippen molar-refractivity contribution in [3.8, 4) is 0 Å². The maximum atomic E-state index is 12.0. The molecule has 3 N–H and O–H groups in total. The number of thiazole rings is 1. The Morgan fingerprint density at radius 3 is 2.84 bits per heavy atom. The molecule has 1 aromatic heterocycles. The van der Waals surface area contributed by atoms with E-state index in [1.165, 1.54) is 29.5 Å². The number of amides is 1. The molecule has 0 unspecified atom stereocenters. The highest BCUT2D eigenvalue weighted by Gasteiger charge is 2.21. The average Bonchev–Trinajstić information content (AvgIpc) is 2.74. The van der Waals surface area contributed by atoms with E-state index in [9.17, 15) is 14.9 Å². The monoisotopic (exact) mass is 278 g/mol. The van der Waals surface area contributed by atoms with Crippen molar-refractivity contribution >= 4 is 33.8 Å². The molecular formula is C11H10N4O3S. The van der Waals surface area contributed by atoms with E-state index in [4.69, 9.17) is 5.73 Å². The van der Waals surface area contributed by atoms with E-state index in [0.717, 1.165) is 4.88 Å². The van der Waals surface area contributed by atoms with Gasteiger partial charge in [-0.3, -0.25) is 20.2 Å². The van der Waals surface area contributed by atoms with Crippen LogP contribution in [0.1, 0.15) is 15.2 Å². The van der Waals surface area contributed by atoms with Gasteiger partial charge in [0.05, 0.1) is 4.92 Å². The van der Waals surface area contributed by atoms with E-state index in [0.29, 0.717) is 5.13 Å². The summed E-state index contributed by atoms with van der Waals surface area (Å²) in [7, 11) is 0. The minimum Gasteiger partial charge on any atom is -0.399 e. The third kappa shape index (κ3) is 2.86. The number of nitrogens with two attached hydrogens (primary N) is 1. The molecule has 0 aliphatic rings. The zero-order chi connectivity index (χ0) is 14.0. The highest BCUT2D eigenvalue weighted by molar-refractivity contribution is 7.15. The Morgan fingerprint density at radius 1 is 1.53 bits per heavy atom. The Labute approximate surface area is 112 Å². The maximum Gasteiger partial charge on any atom is 0.282 e. The minimum absolute atomic E-state index is 0.0853. The molecule has 0 saturated heterocycles. The standard InChI is InChI=1S/C11H10N4O3S/c1-6-5-13-11(19-6)14-10(16)8-4-7(12)2-3-9(8)15(17)18/h2-5H,12H2,1H3,(H,13,14,16). The predicted octanol–water partition coefficient (Wildman–Crippen LogP) is 2.19. The Bertz CT molecular complexity index is 653. The molecule has 2 rings (SSSR count). The number of nitrogen functional groups attached to an aromatic ring is 1. The quantitative estimate of drug-likeness (QED) is 0.508. The molecule has 1 aromatic carbocycles. The van der Waals surface area contributed by atoms with Gasteiger partial charge in [-0.1, -0.05) is 0 Å². The fourth-order valence-electron chi connectivity index (χ4n) is 1.47. The highest BCUT2D eigenvalue weighted by atomic mass is 32.1. The topological polar surface area (TPSA) is 111 Å². The molecule has 0 aliphatic heterocycles. The molecule has 0 radical (unpaired) electrons. The van der Waals surface area contributed by atoms with Crippen LogP contribution in [0, 0.1) is 17.0 Å². The average molecular weight is 278 g/mol. The zero-order valence-corrected chi connectivity index (χ0v) is 10.7. The third-order valence-corrected chi connectivity index (χ3v) is 3.13. The molecule has 98 valence electrons. The minimum atomic E-state index is -0.624. The normalized spacial score (nSPS) is 10.2. The molecule has 2 aromatic rings. The first-order valence-corrected chi connectivity index (χ1v) is 6.06. The molecule has 19 heavy (non-hydrogen) atoms. The summed E-state index contributed by atoms with van der Waals surface area (Å²) in [6.07, 6.45) is 1.61. The van der Waals surface area contributed by atoms with Crippen LogP contribution >= 0.6 is 11.3 Å². The second-order valence-corrected chi connectivity index (χ2v) is 5.00. The van der Waals surface area contributed by atoms with Crippen LogP contribution in [0.3, 0.4) is 0 Å². The molecule has 8 heteroatoms. The fourth-order valence-corrected chi connectivity index (χ4v) is 2.13. The summed E-state index contributed by atoms with van der Waals surface area (Å²) in [5, 5.41) is 13.8. The molecule has 0 saturated carbocycles. The molecule has 1 amide bonds. The predicted molar refractivity (Wildman–Crippen MR) is 72.3 cm³/mol. The second kappa shape index (κ2) is 5.02. The van der Waals surface area contributed by atoms with Gasteiger partial charge in [-0.25, -0.2) is 4.98 Å². The van der Waals surface area contributed by atoms with E-state index >= 15 is 0 Å². The Kier molecular flexibility index (Phi) is 3.43. The van der Waals surface area contributed by atoms with Crippen LogP contribution in [-0.2, 0) is 0 Å². The van der Waals surface area contributed by atoms with E-state index in [1.54, 1.807) is 6.20 Å². The zero-order valence-electron chi connectivity index (χ0n) is 9.91. The van der Waals surface area contributed by atoms with Gasteiger partial charge in [0.15, 0.2) is 5.13 Å². The van der Waals surface area contributed by atoms with E-state index in [1.807, 2.05) is 6.92 Å². The molecule has 7 nitrogen and oxygen atoms in total. The number of hydrogen-bond acceptors (Lipinski definition) is 6. The lowest BCUT2D eigenvalue weighted by atomic mass is 10.1. The Morgan fingerprint density at radius 2 is 2.26 bits per heavy atom. The van der Waals surface area contributed by atoms with E-state index in [-0.39, 0.29) is 16.9 Å². The van der Waals surface area contributed by atoms with Crippen molar-refractivity contribution in [3.63, 3.8) is 0 Å². The Hall–Kier alpha value is -2.48. The lowest BCUT2D eigenvalue weighted by Crippen LogP contribution is -2.14. The van der Waals surface area contributed by atoms with Crippen LogP contribution < -0.4 is 11.1 Å². The van der Waals surface area contributed by atoms with Gasteiger partial charge in [0, 0.05) is 22.8 Å². The van der Waals surface area contributed by atoms with Crippen molar-refractivity contribution < 1.29 is 9.72 Å². The first-order chi connectivity index (χ1) is 8.97. The summed E-state index contributed by atoms with van der Waals surface area (Å²) in [5.74, 6) is -0.603. The number of benzene rings is 1. The molecule has 0 fully saturated rings. The number of anilines is 2. The number of carbonyl (C=O) groups is 1. The fraction of sp³-hybridized carbons (Fsp3) is 0.0909. The van der Waals surface area contributed by atoms with Crippen LogP contribution in [-0.4, -0.2) is 15.8 Å². The summed E-state index contributed by atoms with van der Waals surface area (Å²) in [4.78, 5) is 27.1. The molecule has 0 atom stereocenters. The van der Waals surface area contributed by atoms with Gasteiger partial charge in [-0.05, 0) is 19.1 Å². The van der Waals surface area contributed by atoms with Gasteiger partial charge in [-0.15, -0.1) is 11.3 Å². The molecule has 0 spiro atoms. The van der Waals surface area contributed by atoms with E-state index < -0.39 is 10.8 Å². The van der Waals surface area contributed by atoms with Crippen molar-refractivity contribution in [1.82, 2.24) is 4.98 Å². The van der Waals surface area contributed by atoms with Crippen LogP contribution in [0.5, 0.6) is 0 Å². The maximum absolute atomic E-state index is 12.0. The van der Waals surface area contributed by atoms with Crippen molar-refractivity contribution in [3.05, 3.63) is 45.0 Å². The van der Waals surface area contributed by atoms with Crippen LogP contribution in [0.25, 0.3) is 0 Å². The van der Waals surface area contributed by atoms with Crippen molar-refractivity contribution in [2.24, 2.45) is 0 Å². The largest absolute Gasteiger partial charge is 0.399 e. The molecule has 0 bridgehead atoms. The van der Waals surface area contributed by atoms with Gasteiger partial charge >= 0.3 is 0 Å². The number of nitrogens with zero attached hydrogens (tertiary/aromatic N) is 2. The number of nitro benzene ring substituents is 1. The van der Waals surface area contributed by atoms with Crippen molar-refractivity contribution in [2.45, 2.75) is 6.92 Å². The summed E-state index contributed by atoms with van der Waals surface area (Å²) >= 11 is 1.29. The third-order valence-electron chi connectivity index (χ3n) is 2.30. The lowest BCUT2D eigenvalue weighted by molar-refractivity contribution is -0.385. The summed E-state index contributed by atoms with van der Waals surface area (Å²) < 4.78 is 0.